The van der Waals surface area contributed by atoms with Crippen molar-refractivity contribution in [3.8, 4) is 17.3 Å². The fourth-order valence-electron chi connectivity index (χ4n) is 2.96. The molecule has 0 aliphatic carbocycles. The number of amides is 1. The zero-order valence-electron chi connectivity index (χ0n) is 16.6. The van der Waals surface area contributed by atoms with Crippen molar-refractivity contribution < 1.29 is 18.9 Å². The largest absolute Gasteiger partial charge is 0.493 e. The Hall–Kier alpha value is -3.86. The lowest BCUT2D eigenvalue weighted by atomic mass is 10.2. The molecule has 4 aromatic rings. The van der Waals surface area contributed by atoms with E-state index in [1.165, 1.54) is 36.0 Å². The Kier molecular flexibility index (Phi) is 5.58. The molecule has 2 aromatic carbocycles. The summed E-state index contributed by atoms with van der Waals surface area (Å²) >= 11 is 1.22. The number of furan rings is 1. The molecule has 11 heteroatoms. The Morgan fingerprint density at radius 2 is 2.03 bits per heavy atom. The molecule has 0 fully saturated rings. The number of nitrogens with zero attached hydrogens (tertiary/aromatic N) is 4. The molecule has 4 rings (SSSR count). The van der Waals surface area contributed by atoms with Gasteiger partial charge in [0.25, 0.3) is 5.69 Å². The van der Waals surface area contributed by atoms with Gasteiger partial charge in [0.1, 0.15) is 0 Å². The van der Waals surface area contributed by atoms with E-state index in [-0.39, 0.29) is 17.3 Å². The van der Waals surface area contributed by atoms with Gasteiger partial charge in [0.15, 0.2) is 28.1 Å². The first kappa shape index (κ1) is 20.4. The minimum Gasteiger partial charge on any atom is -0.493 e. The first-order chi connectivity index (χ1) is 15.0. The van der Waals surface area contributed by atoms with Gasteiger partial charge in [0, 0.05) is 30.3 Å². The highest BCUT2D eigenvalue weighted by atomic mass is 32.2. The molecule has 10 nitrogen and oxygen atoms in total. The molecule has 0 saturated heterocycles. The van der Waals surface area contributed by atoms with Gasteiger partial charge in [-0.3, -0.25) is 14.9 Å². The summed E-state index contributed by atoms with van der Waals surface area (Å²) in [6.07, 6.45) is 0. The third-order valence-electron chi connectivity index (χ3n) is 4.48. The Morgan fingerprint density at radius 1 is 1.26 bits per heavy atom. The van der Waals surface area contributed by atoms with Gasteiger partial charge in [-0.05, 0) is 24.3 Å². The third kappa shape index (κ3) is 4.21. The highest BCUT2D eigenvalue weighted by Gasteiger charge is 2.18. The number of nitro benzene ring substituents is 1. The van der Waals surface area contributed by atoms with Crippen LogP contribution in [-0.2, 0) is 11.8 Å². The molecule has 0 spiro atoms. The summed E-state index contributed by atoms with van der Waals surface area (Å²) in [6.45, 7) is 0. The van der Waals surface area contributed by atoms with Gasteiger partial charge in [-0.1, -0.05) is 23.9 Å². The number of hydrogen-bond donors (Lipinski definition) is 1. The SMILES string of the molecule is COc1cccc2cc(-c3nnc(SCC(=O)Nc4ccc([N+](=O)[O-])cc4)n3C)oc12. The van der Waals surface area contributed by atoms with E-state index in [2.05, 4.69) is 15.5 Å². The first-order valence-electron chi connectivity index (χ1n) is 9.09. The number of thioether (sulfide) groups is 1. The highest BCUT2D eigenvalue weighted by molar-refractivity contribution is 7.99. The number of nitro groups is 1. The summed E-state index contributed by atoms with van der Waals surface area (Å²) in [4.78, 5) is 22.4. The lowest BCUT2D eigenvalue weighted by Gasteiger charge is -2.05. The first-order valence-corrected chi connectivity index (χ1v) is 10.1. The van der Waals surface area contributed by atoms with Crippen molar-refractivity contribution in [2.24, 2.45) is 7.05 Å². The molecular weight excluding hydrogens is 422 g/mol. The van der Waals surface area contributed by atoms with Crippen molar-refractivity contribution in [3.63, 3.8) is 0 Å². The summed E-state index contributed by atoms with van der Waals surface area (Å²) in [6, 6.07) is 13.1. The molecule has 2 heterocycles. The second kappa shape index (κ2) is 8.48. The summed E-state index contributed by atoms with van der Waals surface area (Å²) < 4.78 is 13.0. The van der Waals surface area contributed by atoms with Crippen LogP contribution >= 0.6 is 11.8 Å². The number of anilines is 1. The molecule has 0 aliphatic rings. The number of hydrogen-bond acceptors (Lipinski definition) is 8. The standard InChI is InChI=1S/C20H17N5O5S/c1-24-19(16-10-12-4-3-5-15(29-2)18(12)30-16)22-23-20(24)31-11-17(26)21-13-6-8-14(9-7-13)25(27)28/h3-10H,11H2,1-2H3,(H,21,26). The molecular formula is C20H17N5O5S. The molecule has 0 unspecified atom stereocenters. The van der Waals surface area contributed by atoms with E-state index in [4.69, 9.17) is 9.15 Å². The Balaban J connectivity index is 1.44. The lowest BCUT2D eigenvalue weighted by molar-refractivity contribution is -0.384. The monoisotopic (exact) mass is 439 g/mol. The fourth-order valence-corrected chi connectivity index (χ4v) is 3.67. The molecule has 0 radical (unpaired) electrons. The van der Waals surface area contributed by atoms with Gasteiger partial charge in [0.2, 0.25) is 5.91 Å². The number of carbonyl (C=O) groups is 1. The topological polar surface area (TPSA) is 125 Å². The van der Waals surface area contributed by atoms with Gasteiger partial charge in [-0.15, -0.1) is 10.2 Å². The molecule has 0 saturated carbocycles. The Labute approximate surface area is 180 Å². The number of nitrogens with one attached hydrogen (secondary N) is 1. The molecule has 1 amide bonds. The second-order valence-electron chi connectivity index (χ2n) is 6.50. The van der Waals surface area contributed by atoms with Crippen LogP contribution < -0.4 is 10.1 Å². The minimum absolute atomic E-state index is 0.0396. The number of non-ortho nitro benzene ring substituents is 1. The highest BCUT2D eigenvalue weighted by Crippen LogP contribution is 2.33. The lowest BCUT2D eigenvalue weighted by Crippen LogP contribution is -2.14. The molecule has 0 atom stereocenters. The normalized spacial score (nSPS) is 10.9. The van der Waals surface area contributed by atoms with E-state index in [0.717, 1.165) is 5.39 Å². The molecule has 158 valence electrons. The molecule has 1 N–H and O–H groups in total. The van der Waals surface area contributed by atoms with Crippen molar-refractivity contribution in [2.45, 2.75) is 5.16 Å². The maximum absolute atomic E-state index is 12.2. The van der Waals surface area contributed by atoms with E-state index in [9.17, 15) is 14.9 Å². The number of para-hydroxylation sites is 1. The predicted octanol–water partition coefficient (Wildman–Crippen LogP) is 3.88. The molecule has 0 bridgehead atoms. The van der Waals surface area contributed by atoms with Crippen molar-refractivity contribution in [3.05, 3.63) is 58.6 Å². The van der Waals surface area contributed by atoms with E-state index in [1.807, 2.05) is 24.3 Å². The van der Waals surface area contributed by atoms with Crippen LogP contribution in [0.4, 0.5) is 11.4 Å². The van der Waals surface area contributed by atoms with Crippen LogP contribution in [-0.4, -0.2) is 38.5 Å². The van der Waals surface area contributed by atoms with Gasteiger partial charge in [-0.2, -0.15) is 0 Å². The van der Waals surface area contributed by atoms with Crippen molar-refractivity contribution >= 4 is 40.0 Å². The van der Waals surface area contributed by atoms with Crippen LogP contribution in [0.15, 0.2) is 58.1 Å². The number of ether oxygens (including phenoxy) is 1. The molecule has 0 aliphatic heterocycles. The number of rotatable bonds is 7. The van der Waals surface area contributed by atoms with Crippen LogP contribution in [0.5, 0.6) is 5.75 Å². The average Bonchev–Trinajstić information content (AvgIpc) is 3.35. The molecule has 2 aromatic heterocycles. The zero-order chi connectivity index (χ0) is 22.0. The van der Waals surface area contributed by atoms with E-state index < -0.39 is 4.92 Å². The van der Waals surface area contributed by atoms with E-state index in [0.29, 0.717) is 33.8 Å². The average molecular weight is 439 g/mol. The van der Waals surface area contributed by atoms with Crippen molar-refractivity contribution in [1.29, 1.82) is 0 Å². The summed E-state index contributed by atoms with van der Waals surface area (Å²) in [5, 5.41) is 23.2. The van der Waals surface area contributed by atoms with Gasteiger partial charge < -0.3 is 19.0 Å². The van der Waals surface area contributed by atoms with Crippen LogP contribution in [0.1, 0.15) is 0 Å². The Morgan fingerprint density at radius 3 is 2.74 bits per heavy atom. The maximum atomic E-state index is 12.2. The van der Waals surface area contributed by atoms with Crippen LogP contribution in [0.3, 0.4) is 0 Å². The number of carbonyl (C=O) groups excluding carboxylic acids is 1. The third-order valence-corrected chi connectivity index (χ3v) is 5.50. The van der Waals surface area contributed by atoms with Crippen molar-refractivity contribution in [1.82, 2.24) is 14.8 Å². The van der Waals surface area contributed by atoms with Crippen LogP contribution in [0, 0.1) is 10.1 Å². The van der Waals surface area contributed by atoms with Crippen LogP contribution in [0.2, 0.25) is 0 Å². The van der Waals surface area contributed by atoms with Gasteiger partial charge in [-0.25, -0.2) is 0 Å². The van der Waals surface area contributed by atoms with Crippen LogP contribution in [0.25, 0.3) is 22.6 Å². The quantitative estimate of drug-likeness (QED) is 0.261. The predicted molar refractivity (Wildman–Crippen MR) is 115 cm³/mol. The van der Waals surface area contributed by atoms with E-state index in [1.54, 1.807) is 18.7 Å². The number of methoxy groups -OCH3 is 1. The van der Waals surface area contributed by atoms with Gasteiger partial charge in [0.05, 0.1) is 17.8 Å². The maximum Gasteiger partial charge on any atom is 0.269 e. The second-order valence-corrected chi connectivity index (χ2v) is 7.44. The summed E-state index contributed by atoms with van der Waals surface area (Å²) in [5.74, 6) is 1.52. The Bertz CT molecular complexity index is 1260. The summed E-state index contributed by atoms with van der Waals surface area (Å²) in [5.41, 5.74) is 1.06. The van der Waals surface area contributed by atoms with Crippen molar-refractivity contribution in [2.75, 3.05) is 18.2 Å². The zero-order valence-corrected chi connectivity index (χ0v) is 17.4. The minimum atomic E-state index is -0.495. The number of benzene rings is 2. The number of aromatic nitrogens is 3. The summed E-state index contributed by atoms with van der Waals surface area (Å²) in [7, 11) is 3.37. The van der Waals surface area contributed by atoms with Gasteiger partial charge >= 0.3 is 0 Å². The number of fused-ring (bicyclic) bond motifs is 1. The molecule has 31 heavy (non-hydrogen) atoms. The van der Waals surface area contributed by atoms with E-state index >= 15 is 0 Å². The smallest absolute Gasteiger partial charge is 0.269 e. The fraction of sp³-hybridized carbons (Fsp3) is 0.150.